The second-order valence-corrected chi connectivity index (χ2v) is 5.12. The number of carbonyl (C=O) groups is 2. The van der Waals surface area contributed by atoms with Gasteiger partial charge >= 0.3 is 12.0 Å². The van der Waals surface area contributed by atoms with Crippen LogP contribution in [0.25, 0.3) is 0 Å². The minimum absolute atomic E-state index is 0.138. The predicted molar refractivity (Wildman–Crippen MR) is 74.7 cm³/mol. The number of nitrogens with one attached hydrogen (secondary N) is 1. The van der Waals surface area contributed by atoms with Crippen LogP contribution in [0.15, 0.2) is 18.5 Å². The van der Waals surface area contributed by atoms with E-state index in [0.717, 1.165) is 11.1 Å². The van der Waals surface area contributed by atoms with E-state index in [9.17, 15) is 9.59 Å². The molecule has 1 fully saturated rings. The van der Waals surface area contributed by atoms with E-state index in [1.807, 2.05) is 13.0 Å². The van der Waals surface area contributed by atoms with Gasteiger partial charge < -0.3 is 20.1 Å². The number of aromatic nitrogens is 1. The minimum atomic E-state index is -0.944. The fourth-order valence-electron chi connectivity index (χ4n) is 2.29. The van der Waals surface area contributed by atoms with Gasteiger partial charge in [-0.1, -0.05) is 0 Å². The normalized spacial score (nSPS) is 21.0. The molecule has 2 heterocycles. The highest BCUT2D eigenvalue weighted by molar-refractivity contribution is 5.77. The number of likely N-dealkylation sites (N-methyl/N-ethyl adjacent to an activating group) is 1. The molecule has 0 aromatic carbocycles. The molecular weight excluding hydrogens is 274 g/mol. The maximum Gasteiger partial charge on any atom is 0.317 e. The zero-order valence-electron chi connectivity index (χ0n) is 12.1. The van der Waals surface area contributed by atoms with Crippen LogP contribution in [0, 0.1) is 12.8 Å². The summed E-state index contributed by atoms with van der Waals surface area (Å²) in [5.74, 6) is -1.62. The monoisotopic (exact) mass is 293 g/mol. The first-order valence-electron chi connectivity index (χ1n) is 6.71. The number of urea groups is 1. The quantitative estimate of drug-likeness (QED) is 0.849. The van der Waals surface area contributed by atoms with Gasteiger partial charge in [0.05, 0.1) is 19.3 Å². The molecule has 0 spiro atoms. The van der Waals surface area contributed by atoms with Crippen molar-refractivity contribution in [2.75, 3.05) is 20.3 Å². The highest BCUT2D eigenvalue weighted by Crippen LogP contribution is 2.19. The van der Waals surface area contributed by atoms with Crippen LogP contribution < -0.4 is 5.32 Å². The number of carboxylic acid groups (broad SMARTS) is 1. The Kier molecular flexibility index (Phi) is 4.74. The summed E-state index contributed by atoms with van der Waals surface area (Å²) in [6.07, 6.45) is 3.40. The van der Waals surface area contributed by atoms with E-state index in [2.05, 4.69) is 10.3 Å². The van der Waals surface area contributed by atoms with Gasteiger partial charge in [0.2, 0.25) is 0 Å². The summed E-state index contributed by atoms with van der Waals surface area (Å²) < 4.78 is 5.17. The summed E-state index contributed by atoms with van der Waals surface area (Å²) in [6.45, 7) is 2.68. The number of pyridine rings is 1. The molecule has 0 aliphatic carbocycles. The van der Waals surface area contributed by atoms with Gasteiger partial charge in [0, 0.05) is 26.0 Å². The Bertz CT molecular complexity index is 535. The first-order chi connectivity index (χ1) is 10.0. The molecule has 0 bridgehead atoms. The van der Waals surface area contributed by atoms with E-state index < -0.39 is 17.9 Å². The van der Waals surface area contributed by atoms with Gasteiger partial charge in [-0.3, -0.25) is 9.78 Å². The molecule has 2 amide bonds. The van der Waals surface area contributed by atoms with Crippen molar-refractivity contribution in [1.29, 1.82) is 0 Å². The van der Waals surface area contributed by atoms with Crippen LogP contribution in [0.4, 0.5) is 4.79 Å². The van der Waals surface area contributed by atoms with E-state index in [1.54, 1.807) is 19.4 Å². The number of ether oxygens (including phenoxy) is 1. The van der Waals surface area contributed by atoms with Crippen LogP contribution in [0.2, 0.25) is 0 Å². The lowest BCUT2D eigenvalue weighted by Crippen LogP contribution is -2.48. The molecule has 1 aliphatic heterocycles. The average Bonchev–Trinajstić information content (AvgIpc) is 2.95. The number of aliphatic carboxylic acids is 1. The highest BCUT2D eigenvalue weighted by atomic mass is 16.5. The van der Waals surface area contributed by atoms with Crippen LogP contribution >= 0.6 is 0 Å². The second-order valence-electron chi connectivity index (χ2n) is 5.12. The molecule has 2 rings (SSSR count). The van der Waals surface area contributed by atoms with Gasteiger partial charge in [-0.15, -0.1) is 0 Å². The molecule has 0 saturated carbocycles. The van der Waals surface area contributed by atoms with Crippen molar-refractivity contribution < 1.29 is 19.4 Å². The van der Waals surface area contributed by atoms with Crippen molar-refractivity contribution in [2.45, 2.75) is 19.5 Å². The molecule has 2 unspecified atom stereocenters. The lowest BCUT2D eigenvalue weighted by Gasteiger charge is -2.26. The van der Waals surface area contributed by atoms with Crippen molar-refractivity contribution in [3.05, 3.63) is 29.6 Å². The molecule has 1 aliphatic rings. The van der Waals surface area contributed by atoms with E-state index in [-0.39, 0.29) is 19.2 Å². The molecule has 114 valence electrons. The van der Waals surface area contributed by atoms with Gasteiger partial charge in [-0.2, -0.15) is 0 Å². The van der Waals surface area contributed by atoms with Gasteiger partial charge in [-0.25, -0.2) is 4.79 Å². The molecular formula is C14H19N3O4. The smallest absolute Gasteiger partial charge is 0.317 e. The van der Waals surface area contributed by atoms with Crippen LogP contribution in [0.3, 0.4) is 0 Å². The predicted octanol–water partition coefficient (Wildman–Crippen LogP) is 0.631. The molecule has 2 atom stereocenters. The molecule has 21 heavy (non-hydrogen) atoms. The molecule has 1 saturated heterocycles. The molecule has 1 aromatic rings. The molecule has 2 N–H and O–H groups in total. The number of amides is 2. The standard InChI is InChI=1S/C14H19N3O4/c1-9-3-4-15-5-10(9)6-16-14(20)17(2)12-8-21-7-11(12)13(18)19/h3-5,11-12H,6-8H2,1-2H3,(H,16,20)(H,18,19). The zero-order chi connectivity index (χ0) is 15.4. The van der Waals surface area contributed by atoms with Crippen LogP contribution in [-0.2, 0) is 16.1 Å². The lowest BCUT2D eigenvalue weighted by molar-refractivity contribution is -0.142. The van der Waals surface area contributed by atoms with E-state index in [1.165, 1.54) is 4.90 Å². The summed E-state index contributed by atoms with van der Waals surface area (Å²) in [6, 6.07) is 1.11. The Labute approximate surface area is 122 Å². The summed E-state index contributed by atoms with van der Waals surface area (Å²) >= 11 is 0. The van der Waals surface area contributed by atoms with Crippen molar-refractivity contribution in [2.24, 2.45) is 5.92 Å². The highest BCUT2D eigenvalue weighted by Gasteiger charge is 2.38. The van der Waals surface area contributed by atoms with Crippen LogP contribution in [0.5, 0.6) is 0 Å². The maximum absolute atomic E-state index is 12.1. The third-order valence-corrected chi connectivity index (χ3v) is 3.76. The number of aryl methyl sites for hydroxylation is 1. The second kappa shape index (κ2) is 6.53. The number of carboxylic acids is 1. The number of nitrogens with zero attached hydrogens (tertiary/aromatic N) is 2. The van der Waals surface area contributed by atoms with Gasteiger partial charge in [0.15, 0.2) is 0 Å². The SMILES string of the molecule is Cc1ccncc1CNC(=O)N(C)C1COCC1C(=O)O. The average molecular weight is 293 g/mol. The summed E-state index contributed by atoms with van der Waals surface area (Å²) in [4.78, 5) is 28.7. The van der Waals surface area contributed by atoms with Crippen molar-refractivity contribution >= 4 is 12.0 Å². The van der Waals surface area contributed by atoms with E-state index in [0.29, 0.717) is 6.54 Å². The van der Waals surface area contributed by atoms with Crippen LogP contribution in [0.1, 0.15) is 11.1 Å². The van der Waals surface area contributed by atoms with Gasteiger partial charge in [0.25, 0.3) is 0 Å². The Morgan fingerprint density at radius 3 is 2.95 bits per heavy atom. The Morgan fingerprint density at radius 2 is 2.29 bits per heavy atom. The summed E-state index contributed by atoms with van der Waals surface area (Å²) in [5.41, 5.74) is 1.97. The Morgan fingerprint density at radius 1 is 1.52 bits per heavy atom. The van der Waals surface area contributed by atoms with Crippen molar-refractivity contribution in [3.8, 4) is 0 Å². The first-order valence-corrected chi connectivity index (χ1v) is 6.71. The fourth-order valence-corrected chi connectivity index (χ4v) is 2.29. The third-order valence-electron chi connectivity index (χ3n) is 3.76. The number of hydrogen-bond acceptors (Lipinski definition) is 4. The van der Waals surface area contributed by atoms with E-state index in [4.69, 9.17) is 9.84 Å². The van der Waals surface area contributed by atoms with Crippen LogP contribution in [-0.4, -0.2) is 53.3 Å². The largest absolute Gasteiger partial charge is 0.481 e. The third kappa shape index (κ3) is 3.49. The molecule has 1 aromatic heterocycles. The summed E-state index contributed by atoms with van der Waals surface area (Å²) in [7, 11) is 1.58. The summed E-state index contributed by atoms with van der Waals surface area (Å²) in [5, 5.41) is 11.9. The number of hydrogen-bond donors (Lipinski definition) is 2. The Hall–Kier alpha value is -2.15. The Balaban J connectivity index is 1.94. The van der Waals surface area contributed by atoms with Gasteiger partial charge in [-0.05, 0) is 24.1 Å². The molecule has 7 heteroatoms. The number of rotatable bonds is 4. The van der Waals surface area contributed by atoms with E-state index >= 15 is 0 Å². The molecule has 7 nitrogen and oxygen atoms in total. The van der Waals surface area contributed by atoms with Crippen molar-refractivity contribution in [3.63, 3.8) is 0 Å². The minimum Gasteiger partial charge on any atom is -0.481 e. The number of carbonyl (C=O) groups excluding carboxylic acids is 1. The van der Waals surface area contributed by atoms with Gasteiger partial charge in [0.1, 0.15) is 5.92 Å². The topological polar surface area (TPSA) is 91.8 Å². The lowest BCUT2D eigenvalue weighted by atomic mass is 10.0. The maximum atomic E-state index is 12.1. The first kappa shape index (κ1) is 15.2. The molecule has 0 radical (unpaired) electrons. The fraction of sp³-hybridized carbons (Fsp3) is 0.500. The van der Waals surface area contributed by atoms with Crippen molar-refractivity contribution in [1.82, 2.24) is 15.2 Å². The zero-order valence-corrected chi connectivity index (χ0v) is 12.1.